The van der Waals surface area contributed by atoms with E-state index in [9.17, 15) is 5.11 Å². The lowest BCUT2D eigenvalue weighted by Crippen LogP contribution is -2.51. The highest BCUT2D eigenvalue weighted by molar-refractivity contribution is 14.1. The van der Waals surface area contributed by atoms with E-state index in [1.807, 2.05) is 0 Å². The van der Waals surface area contributed by atoms with Gasteiger partial charge < -0.3 is 9.53 Å². The van der Waals surface area contributed by atoms with Gasteiger partial charge in [-0.15, -0.1) is 0 Å². The normalized spacial score (nSPS) is 15.2. The lowest BCUT2D eigenvalue weighted by molar-refractivity contribution is 0.118. The number of alkyl halides is 1. The van der Waals surface area contributed by atoms with Crippen LogP contribution in [0.1, 0.15) is 41.5 Å². The smallest absolute Gasteiger partial charge is 0.200 e. The largest absolute Gasteiger partial charge is 0.410 e. The molecule has 98 valence electrons. The van der Waals surface area contributed by atoms with Gasteiger partial charge in [-0.2, -0.15) is 0 Å². The Morgan fingerprint density at radius 1 is 1.00 bits per heavy atom. The topological polar surface area (TPSA) is 29.5 Å². The van der Waals surface area contributed by atoms with Crippen LogP contribution in [-0.4, -0.2) is 30.6 Å². The quantitative estimate of drug-likeness (QED) is 0.424. The van der Waals surface area contributed by atoms with Crippen LogP contribution in [0.4, 0.5) is 0 Å². The standard InChI is InChI=1S/C12H27IO2Si/c1-9(2)16(10(3)4,11(5)6)15-12(7-13)8-14/h9-12,14H,7-8H2,1-6H3/t12-/m1/s1. The van der Waals surface area contributed by atoms with E-state index in [4.69, 9.17) is 4.43 Å². The van der Waals surface area contributed by atoms with Crippen molar-refractivity contribution in [2.45, 2.75) is 64.3 Å². The molecule has 0 aliphatic heterocycles. The summed E-state index contributed by atoms with van der Waals surface area (Å²) in [6.45, 7) is 13.8. The molecule has 4 heteroatoms. The van der Waals surface area contributed by atoms with Crippen molar-refractivity contribution >= 4 is 30.9 Å². The number of hydrogen-bond acceptors (Lipinski definition) is 2. The van der Waals surface area contributed by atoms with Gasteiger partial charge in [0.15, 0.2) is 0 Å². The second-order valence-electron chi connectivity index (χ2n) is 5.39. The molecule has 0 fully saturated rings. The van der Waals surface area contributed by atoms with E-state index in [0.29, 0.717) is 16.6 Å². The van der Waals surface area contributed by atoms with Gasteiger partial charge in [0.25, 0.3) is 0 Å². The van der Waals surface area contributed by atoms with E-state index in [-0.39, 0.29) is 12.7 Å². The first-order valence-electron chi connectivity index (χ1n) is 6.17. The van der Waals surface area contributed by atoms with Crippen molar-refractivity contribution in [2.75, 3.05) is 11.0 Å². The van der Waals surface area contributed by atoms with Crippen molar-refractivity contribution in [3.8, 4) is 0 Å². The van der Waals surface area contributed by atoms with Gasteiger partial charge in [-0.25, -0.2) is 0 Å². The third-order valence-electron chi connectivity index (χ3n) is 3.45. The van der Waals surface area contributed by atoms with Crippen molar-refractivity contribution in [2.24, 2.45) is 0 Å². The number of halogens is 1. The second kappa shape index (κ2) is 7.33. The van der Waals surface area contributed by atoms with Gasteiger partial charge >= 0.3 is 0 Å². The Kier molecular flexibility index (Phi) is 7.73. The Hall–Kier alpha value is 0.867. The highest BCUT2D eigenvalue weighted by Crippen LogP contribution is 2.43. The van der Waals surface area contributed by atoms with Crippen LogP contribution < -0.4 is 0 Å². The van der Waals surface area contributed by atoms with Gasteiger partial charge in [0.1, 0.15) is 0 Å². The molecular weight excluding hydrogens is 331 g/mol. The Morgan fingerprint density at radius 2 is 1.38 bits per heavy atom. The Labute approximate surface area is 115 Å². The molecule has 0 bridgehead atoms. The summed E-state index contributed by atoms with van der Waals surface area (Å²) >= 11 is 2.30. The molecular formula is C12H27IO2Si. The van der Waals surface area contributed by atoms with Crippen LogP contribution in [0, 0.1) is 0 Å². The minimum atomic E-state index is -1.80. The molecule has 0 aromatic carbocycles. The summed E-state index contributed by atoms with van der Waals surface area (Å²) in [4.78, 5) is 0. The van der Waals surface area contributed by atoms with Crippen molar-refractivity contribution < 1.29 is 9.53 Å². The predicted molar refractivity (Wildman–Crippen MR) is 81.9 cm³/mol. The summed E-state index contributed by atoms with van der Waals surface area (Å²) in [5.41, 5.74) is 1.76. The fourth-order valence-corrected chi connectivity index (χ4v) is 9.16. The molecule has 0 aromatic rings. The summed E-state index contributed by atoms with van der Waals surface area (Å²) in [6, 6.07) is 0. The van der Waals surface area contributed by atoms with Crippen molar-refractivity contribution in [1.82, 2.24) is 0 Å². The van der Waals surface area contributed by atoms with E-state index < -0.39 is 8.32 Å². The molecule has 0 aromatic heterocycles. The zero-order valence-corrected chi connectivity index (χ0v) is 14.6. The molecule has 0 amide bonds. The number of aliphatic hydroxyl groups is 1. The number of aliphatic hydroxyl groups excluding tert-OH is 1. The van der Waals surface area contributed by atoms with Crippen LogP contribution in [0.25, 0.3) is 0 Å². The Balaban J connectivity index is 5.04. The maximum atomic E-state index is 9.33. The van der Waals surface area contributed by atoms with Crippen molar-refractivity contribution in [3.05, 3.63) is 0 Å². The maximum absolute atomic E-state index is 9.33. The molecule has 0 heterocycles. The van der Waals surface area contributed by atoms with Crippen LogP contribution >= 0.6 is 22.6 Å². The lowest BCUT2D eigenvalue weighted by Gasteiger charge is -2.44. The predicted octanol–water partition coefficient (Wildman–Crippen LogP) is 3.97. The Bertz CT molecular complexity index is 170. The van der Waals surface area contributed by atoms with Crippen molar-refractivity contribution in [1.29, 1.82) is 0 Å². The zero-order valence-electron chi connectivity index (χ0n) is 11.5. The van der Waals surface area contributed by atoms with Gasteiger partial charge in [0, 0.05) is 4.43 Å². The van der Waals surface area contributed by atoms with E-state index >= 15 is 0 Å². The van der Waals surface area contributed by atoms with Crippen LogP contribution in [0.2, 0.25) is 16.6 Å². The van der Waals surface area contributed by atoms with Crippen LogP contribution in [0.5, 0.6) is 0 Å². The first kappa shape index (κ1) is 16.9. The fraction of sp³-hybridized carbons (Fsp3) is 1.00. The molecule has 0 rings (SSSR count). The van der Waals surface area contributed by atoms with E-state index in [2.05, 4.69) is 64.1 Å². The van der Waals surface area contributed by atoms with E-state index in [1.54, 1.807) is 0 Å². The summed E-state index contributed by atoms with van der Waals surface area (Å²) in [7, 11) is -1.80. The molecule has 0 saturated carbocycles. The summed E-state index contributed by atoms with van der Waals surface area (Å²) < 4.78 is 7.27. The first-order chi connectivity index (χ1) is 7.32. The van der Waals surface area contributed by atoms with Crippen LogP contribution in [0.3, 0.4) is 0 Å². The second-order valence-corrected chi connectivity index (χ2v) is 11.7. The highest BCUT2D eigenvalue weighted by atomic mass is 127. The minimum absolute atomic E-state index is 0.0134. The average Bonchev–Trinajstić information content (AvgIpc) is 2.18. The number of rotatable bonds is 7. The average molecular weight is 358 g/mol. The monoisotopic (exact) mass is 358 g/mol. The SMILES string of the molecule is CC(C)[Si](O[C@@H](CO)CI)(C(C)C)C(C)C. The fourth-order valence-electron chi connectivity index (χ4n) is 2.81. The van der Waals surface area contributed by atoms with Crippen LogP contribution in [-0.2, 0) is 4.43 Å². The molecule has 0 spiro atoms. The molecule has 16 heavy (non-hydrogen) atoms. The Morgan fingerprint density at radius 3 is 1.56 bits per heavy atom. The summed E-state index contributed by atoms with van der Waals surface area (Å²) in [6.07, 6.45) is 0.0134. The molecule has 0 aliphatic rings. The van der Waals surface area contributed by atoms with Gasteiger partial charge in [-0.1, -0.05) is 64.1 Å². The molecule has 0 saturated heterocycles. The van der Waals surface area contributed by atoms with Gasteiger partial charge in [-0.3, -0.25) is 0 Å². The summed E-state index contributed by atoms with van der Waals surface area (Å²) in [5.74, 6) is 0. The molecule has 0 unspecified atom stereocenters. The molecule has 1 N–H and O–H groups in total. The van der Waals surface area contributed by atoms with Gasteiger partial charge in [0.05, 0.1) is 12.7 Å². The van der Waals surface area contributed by atoms with E-state index in [1.165, 1.54) is 0 Å². The number of hydrogen-bond donors (Lipinski definition) is 1. The van der Waals surface area contributed by atoms with Gasteiger partial charge in [0.2, 0.25) is 8.32 Å². The summed E-state index contributed by atoms with van der Waals surface area (Å²) in [5, 5.41) is 9.33. The highest BCUT2D eigenvalue weighted by Gasteiger charge is 2.46. The minimum Gasteiger partial charge on any atom is -0.410 e. The maximum Gasteiger partial charge on any atom is 0.200 e. The molecule has 0 radical (unpaired) electrons. The first-order valence-corrected chi connectivity index (χ1v) is 9.84. The third-order valence-corrected chi connectivity index (χ3v) is 10.6. The lowest BCUT2D eigenvalue weighted by atomic mass is 10.5. The van der Waals surface area contributed by atoms with Gasteiger partial charge in [-0.05, 0) is 16.6 Å². The molecule has 0 aliphatic carbocycles. The molecule has 2 nitrogen and oxygen atoms in total. The zero-order chi connectivity index (χ0) is 12.9. The molecule has 1 atom stereocenters. The van der Waals surface area contributed by atoms with Crippen molar-refractivity contribution in [3.63, 3.8) is 0 Å². The van der Waals surface area contributed by atoms with E-state index in [0.717, 1.165) is 4.43 Å². The van der Waals surface area contributed by atoms with Crippen LogP contribution in [0.15, 0.2) is 0 Å². The third kappa shape index (κ3) is 3.68.